The minimum absolute atomic E-state index is 0.0124. The predicted molar refractivity (Wildman–Crippen MR) is 120 cm³/mol. The van der Waals surface area contributed by atoms with Crippen LogP contribution in [-0.2, 0) is 10.0 Å². The number of hydrogen-bond acceptors (Lipinski definition) is 5. The molecule has 0 bridgehead atoms. The molecule has 8 heteroatoms. The van der Waals surface area contributed by atoms with Crippen molar-refractivity contribution in [3.05, 3.63) is 76.5 Å². The fourth-order valence-corrected chi connectivity index (χ4v) is 5.46. The highest BCUT2D eigenvalue weighted by atomic mass is 32.2. The van der Waals surface area contributed by atoms with Crippen LogP contribution in [0.3, 0.4) is 0 Å². The number of sulfonamides is 1. The molecule has 0 saturated heterocycles. The summed E-state index contributed by atoms with van der Waals surface area (Å²) in [6.07, 6.45) is 0. The van der Waals surface area contributed by atoms with Crippen LogP contribution in [-0.4, -0.2) is 28.0 Å². The van der Waals surface area contributed by atoms with Crippen LogP contribution in [0.1, 0.15) is 35.1 Å². The third-order valence-electron chi connectivity index (χ3n) is 4.63. The molecule has 1 atom stereocenters. The summed E-state index contributed by atoms with van der Waals surface area (Å²) in [4.78, 5) is 13.0. The first kappa shape index (κ1) is 21.9. The molecule has 1 N–H and O–H groups in total. The van der Waals surface area contributed by atoms with Gasteiger partial charge in [0.1, 0.15) is 15.5 Å². The minimum atomic E-state index is -3.91. The first-order valence-corrected chi connectivity index (χ1v) is 11.8. The van der Waals surface area contributed by atoms with E-state index in [1.54, 1.807) is 29.6 Å². The summed E-state index contributed by atoms with van der Waals surface area (Å²) in [7, 11) is -2.44. The van der Waals surface area contributed by atoms with Gasteiger partial charge in [0.15, 0.2) is 0 Å². The monoisotopic (exact) mass is 444 g/mol. The number of hydrogen-bond donors (Lipinski definition) is 1. The molecule has 1 amide bonds. The Balaban J connectivity index is 1.82. The fraction of sp³-hybridized carbons (Fsp3) is 0.227. The second kappa shape index (κ2) is 9.32. The van der Waals surface area contributed by atoms with E-state index >= 15 is 0 Å². The smallest absolute Gasteiger partial charge is 0.265 e. The lowest BCUT2D eigenvalue weighted by Gasteiger charge is -2.20. The van der Waals surface area contributed by atoms with Gasteiger partial charge in [-0.3, -0.25) is 9.10 Å². The number of nitrogens with zero attached hydrogens (tertiary/aromatic N) is 1. The quantitative estimate of drug-likeness (QED) is 0.556. The predicted octanol–water partition coefficient (Wildman–Crippen LogP) is 4.46. The number of ether oxygens (including phenoxy) is 1. The van der Waals surface area contributed by atoms with Crippen molar-refractivity contribution in [3.63, 3.8) is 0 Å². The van der Waals surface area contributed by atoms with Gasteiger partial charge in [-0.15, -0.1) is 11.3 Å². The van der Waals surface area contributed by atoms with Gasteiger partial charge in [0.05, 0.1) is 18.3 Å². The van der Waals surface area contributed by atoms with E-state index < -0.39 is 15.9 Å². The summed E-state index contributed by atoms with van der Waals surface area (Å²) in [6, 6.07) is 17.5. The van der Waals surface area contributed by atoms with Crippen molar-refractivity contribution in [1.29, 1.82) is 0 Å². The van der Waals surface area contributed by atoms with Crippen molar-refractivity contribution < 1.29 is 17.9 Å². The van der Waals surface area contributed by atoms with Crippen LogP contribution in [0.15, 0.2) is 70.9 Å². The summed E-state index contributed by atoms with van der Waals surface area (Å²) in [5.74, 6) is 0.248. The molecular weight excluding hydrogens is 420 g/mol. The number of nitrogens with one attached hydrogen (secondary N) is 1. The Morgan fingerprint density at radius 2 is 1.77 bits per heavy atom. The number of rotatable bonds is 8. The number of amides is 1. The maximum atomic E-state index is 13.2. The summed E-state index contributed by atoms with van der Waals surface area (Å²) < 4.78 is 33.0. The molecule has 1 heterocycles. The topological polar surface area (TPSA) is 75.7 Å². The van der Waals surface area contributed by atoms with Gasteiger partial charge in [0, 0.05) is 7.05 Å². The van der Waals surface area contributed by atoms with Crippen molar-refractivity contribution in [1.82, 2.24) is 5.32 Å². The standard InChI is InChI=1S/C22H24N2O4S2/c1-4-28-19-12-10-18(11-13-19)24(3)30(26,27)20-14-15-29-21(20)22(25)23-16(2)17-8-6-5-7-9-17/h5-16H,4H2,1-3H3,(H,23,25). The maximum Gasteiger partial charge on any atom is 0.265 e. The maximum absolute atomic E-state index is 13.2. The number of anilines is 1. The van der Waals surface area contributed by atoms with Crippen LogP contribution >= 0.6 is 11.3 Å². The van der Waals surface area contributed by atoms with Crippen LogP contribution in [0, 0.1) is 0 Å². The largest absolute Gasteiger partial charge is 0.494 e. The van der Waals surface area contributed by atoms with Crippen LogP contribution in [0.25, 0.3) is 0 Å². The summed E-state index contributed by atoms with van der Waals surface area (Å²) >= 11 is 1.11. The van der Waals surface area contributed by atoms with Gasteiger partial charge in [-0.2, -0.15) is 0 Å². The van der Waals surface area contributed by atoms with Gasteiger partial charge in [-0.25, -0.2) is 8.42 Å². The number of carbonyl (C=O) groups excluding carboxylic acids is 1. The van der Waals surface area contributed by atoms with Gasteiger partial charge in [0.2, 0.25) is 0 Å². The molecule has 0 radical (unpaired) electrons. The minimum Gasteiger partial charge on any atom is -0.494 e. The lowest BCUT2D eigenvalue weighted by Crippen LogP contribution is -2.30. The summed E-state index contributed by atoms with van der Waals surface area (Å²) in [5.41, 5.74) is 1.42. The van der Waals surface area contributed by atoms with E-state index in [0.717, 1.165) is 16.9 Å². The van der Waals surface area contributed by atoms with E-state index in [2.05, 4.69) is 5.32 Å². The molecule has 0 fully saturated rings. The Labute approximate surface area is 181 Å². The van der Waals surface area contributed by atoms with Crippen LogP contribution in [0.2, 0.25) is 0 Å². The van der Waals surface area contributed by atoms with Gasteiger partial charge >= 0.3 is 0 Å². The molecule has 3 aromatic rings. The summed E-state index contributed by atoms with van der Waals surface area (Å²) in [5, 5.41) is 4.50. The Kier molecular flexibility index (Phi) is 6.79. The van der Waals surface area contributed by atoms with Crippen molar-refractivity contribution in [2.75, 3.05) is 18.0 Å². The highest BCUT2D eigenvalue weighted by molar-refractivity contribution is 7.93. The molecule has 0 aliphatic heterocycles. The summed E-state index contributed by atoms with van der Waals surface area (Å²) in [6.45, 7) is 4.27. The van der Waals surface area contributed by atoms with E-state index in [4.69, 9.17) is 4.74 Å². The second-order valence-electron chi connectivity index (χ2n) is 6.62. The average molecular weight is 445 g/mol. The molecule has 0 aliphatic rings. The first-order valence-electron chi connectivity index (χ1n) is 9.49. The molecule has 30 heavy (non-hydrogen) atoms. The zero-order valence-electron chi connectivity index (χ0n) is 17.0. The van der Waals surface area contributed by atoms with Crippen molar-refractivity contribution >= 4 is 33.0 Å². The van der Waals surface area contributed by atoms with Crippen molar-refractivity contribution in [2.24, 2.45) is 0 Å². The fourth-order valence-electron chi connectivity index (χ4n) is 2.96. The number of benzene rings is 2. The van der Waals surface area contributed by atoms with E-state index in [-0.39, 0.29) is 15.8 Å². The normalized spacial score (nSPS) is 12.2. The third kappa shape index (κ3) is 4.66. The second-order valence-corrected chi connectivity index (χ2v) is 9.47. The van der Waals surface area contributed by atoms with E-state index in [1.807, 2.05) is 44.2 Å². The van der Waals surface area contributed by atoms with E-state index in [9.17, 15) is 13.2 Å². The lowest BCUT2D eigenvalue weighted by atomic mass is 10.1. The van der Waals surface area contributed by atoms with Gasteiger partial charge < -0.3 is 10.1 Å². The van der Waals surface area contributed by atoms with Gasteiger partial charge in [-0.05, 0) is 55.1 Å². The Bertz CT molecular complexity index is 1090. The molecule has 0 aliphatic carbocycles. The Morgan fingerprint density at radius 3 is 2.40 bits per heavy atom. The molecule has 0 spiro atoms. The molecule has 1 unspecified atom stereocenters. The van der Waals surface area contributed by atoms with Crippen molar-refractivity contribution in [2.45, 2.75) is 24.8 Å². The highest BCUT2D eigenvalue weighted by Gasteiger charge is 2.29. The number of thiophene rings is 1. The van der Waals surface area contributed by atoms with Gasteiger partial charge in [-0.1, -0.05) is 30.3 Å². The molecule has 158 valence electrons. The molecular formula is C22H24N2O4S2. The number of carbonyl (C=O) groups is 1. The molecule has 6 nitrogen and oxygen atoms in total. The van der Waals surface area contributed by atoms with Crippen LogP contribution < -0.4 is 14.4 Å². The average Bonchev–Trinajstić information content (AvgIpc) is 3.26. The zero-order valence-corrected chi connectivity index (χ0v) is 18.7. The van der Waals surface area contributed by atoms with Gasteiger partial charge in [0.25, 0.3) is 15.9 Å². The third-order valence-corrected chi connectivity index (χ3v) is 7.50. The highest BCUT2D eigenvalue weighted by Crippen LogP contribution is 2.29. The Morgan fingerprint density at radius 1 is 1.10 bits per heavy atom. The Hall–Kier alpha value is -2.84. The van der Waals surface area contributed by atoms with E-state index in [1.165, 1.54) is 17.4 Å². The molecule has 3 rings (SSSR count). The first-order chi connectivity index (χ1) is 14.3. The van der Waals surface area contributed by atoms with E-state index in [0.29, 0.717) is 18.0 Å². The molecule has 0 saturated carbocycles. The molecule has 1 aromatic heterocycles. The lowest BCUT2D eigenvalue weighted by molar-refractivity contribution is 0.0941. The SMILES string of the molecule is CCOc1ccc(N(C)S(=O)(=O)c2ccsc2C(=O)NC(C)c2ccccc2)cc1. The van der Waals surface area contributed by atoms with Crippen LogP contribution in [0.5, 0.6) is 5.75 Å². The molecule has 2 aromatic carbocycles. The van der Waals surface area contributed by atoms with Crippen LogP contribution in [0.4, 0.5) is 5.69 Å². The van der Waals surface area contributed by atoms with Crippen molar-refractivity contribution in [3.8, 4) is 5.75 Å². The zero-order chi connectivity index (χ0) is 21.7.